The maximum atomic E-state index is 10.3. The Morgan fingerprint density at radius 2 is 1.67 bits per heavy atom. The monoisotopic (exact) mass is 132 g/mol. The topological polar surface area (TPSA) is 74.6 Å². The first-order valence-electron chi connectivity index (χ1n) is 2.50. The molecule has 4 nitrogen and oxygen atoms in total. The maximum Gasteiger partial charge on any atom is 0.223 e. The minimum atomic E-state index is -0.843. The summed E-state index contributed by atoms with van der Waals surface area (Å²) >= 11 is 0. The van der Waals surface area contributed by atoms with Crippen molar-refractivity contribution in [3.05, 3.63) is 0 Å². The molecule has 0 saturated carbocycles. The number of hydrogen-bond acceptors (Lipinski definition) is 4. The van der Waals surface area contributed by atoms with Crippen molar-refractivity contribution in [1.82, 2.24) is 0 Å². The van der Waals surface area contributed by atoms with Crippen LogP contribution < -0.4 is 0 Å². The van der Waals surface area contributed by atoms with Crippen LogP contribution in [0.2, 0.25) is 0 Å². The van der Waals surface area contributed by atoms with Gasteiger partial charge < -0.3 is 10.2 Å². The molecule has 4 heteroatoms. The fraction of sp³-hybridized carbons (Fsp3) is 0.600. The Morgan fingerprint density at radius 3 is 2.00 bits per heavy atom. The van der Waals surface area contributed by atoms with Crippen molar-refractivity contribution in [3.63, 3.8) is 0 Å². The van der Waals surface area contributed by atoms with E-state index in [1.54, 1.807) is 0 Å². The number of aliphatic hydroxyl groups excluding tert-OH is 2. The summed E-state index contributed by atoms with van der Waals surface area (Å²) in [5.74, 6) is -1.57. The lowest BCUT2D eigenvalue weighted by atomic mass is 10.2. The molecule has 0 aliphatic heterocycles. The van der Waals surface area contributed by atoms with Crippen molar-refractivity contribution in [3.8, 4) is 0 Å². The SMILES string of the molecule is O=C(CO)C(=O)CCO. The Bertz CT molecular complexity index is 118. The van der Waals surface area contributed by atoms with Gasteiger partial charge in [0.2, 0.25) is 11.6 Å². The van der Waals surface area contributed by atoms with E-state index in [9.17, 15) is 9.59 Å². The summed E-state index contributed by atoms with van der Waals surface area (Å²) in [6.07, 6.45) is -0.195. The molecule has 0 amide bonds. The zero-order chi connectivity index (χ0) is 7.28. The van der Waals surface area contributed by atoms with E-state index in [0.29, 0.717) is 0 Å². The number of aliphatic hydroxyl groups is 2. The second kappa shape index (κ2) is 4.17. The smallest absolute Gasteiger partial charge is 0.223 e. The zero-order valence-electron chi connectivity index (χ0n) is 4.83. The minimum absolute atomic E-state index is 0.195. The molecule has 0 aliphatic rings. The van der Waals surface area contributed by atoms with Gasteiger partial charge in [0.15, 0.2) is 0 Å². The van der Waals surface area contributed by atoms with Gasteiger partial charge >= 0.3 is 0 Å². The molecule has 0 aromatic heterocycles. The molecule has 0 atom stereocenters. The van der Waals surface area contributed by atoms with Crippen molar-refractivity contribution >= 4 is 11.6 Å². The van der Waals surface area contributed by atoms with E-state index < -0.39 is 18.2 Å². The Labute approximate surface area is 52.1 Å². The molecule has 0 aliphatic carbocycles. The predicted octanol–water partition coefficient (Wildman–Crippen LogP) is -1.50. The van der Waals surface area contributed by atoms with Gasteiger partial charge in [-0.05, 0) is 0 Å². The van der Waals surface area contributed by atoms with Gasteiger partial charge in [0.1, 0.15) is 6.61 Å². The van der Waals surface area contributed by atoms with E-state index >= 15 is 0 Å². The van der Waals surface area contributed by atoms with Gasteiger partial charge in [0, 0.05) is 6.42 Å². The van der Waals surface area contributed by atoms with Gasteiger partial charge in [-0.25, -0.2) is 0 Å². The van der Waals surface area contributed by atoms with Crippen LogP contribution in [-0.2, 0) is 9.59 Å². The van der Waals surface area contributed by atoms with Crippen molar-refractivity contribution < 1.29 is 19.8 Å². The van der Waals surface area contributed by atoms with Crippen LogP contribution in [0.3, 0.4) is 0 Å². The fourth-order valence-corrected chi connectivity index (χ4v) is 0.329. The van der Waals surface area contributed by atoms with Gasteiger partial charge in [-0.15, -0.1) is 0 Å². The molecular formula is C5H8O4. The standard InChI is InChI=1S/C5H8O4/c6-2-1-4(8)5(9)3-7/h6-7H,1-3H2. The quantitative estimate of drug-likeness (QED) is 0.456. The van der Waals surface area contributed by atoms with Crippen LogP contribution in [0.4, 0.5) is 0 Å². The molecule has 2 N–H and O–H groups in total. The average molecular weight is 132 g/mol. The van der Waals surface area contributed by atoms with Gasteiger partial charge in [-0.1, -0.05) is 0 Å². The Kier molecular flexibility index (Phi) is 3.83. The number of hydrogen-bond donors (Lipinski definition) is 2. The van der Waals surface area contributed by atoms with E-state index in [4.69, 9.17) is 10.2 Å². The number of Topliss-reactive ketones (excluding diaryl/α,β-unsaturated/α-hetero) is 2. The Balaban J connectivity index is 3.60. The lowest BCUT2D eigenvalue weighted by Crippen LogP contribution is -2.18. The van der Waals surface area contributed by atoms with Crippen LogP contribution >= 0.6 is 0 Å². The summed E-state index contributed by atoms with van der Waals surface area (Å²) in [7, 11) is 0. The third-order valence-electron chi connectivity index (χ3n) is 0.793. The molecule has 0 unspecified atom stereocenters. The summed E-state index contributed by atoms with van der Waals surface area (Å²) in [6.45, 7) is -1.11. The molecule has 0 fully saturated rings. The Morgan fingerprint density at radius 1 is 1.11 bits per heavy atom. The number of carbonyl (C=O) groups is 2. The van der Waals surface area contributed by atoms with Crippen LogP contribution in [0.5, 0.6) is 0 Å². The number of rotatable bonds is 4. The highest BCUT2D eigenvalue weighted by atomic mass is 16.3. The second-order valence-corrected chi connectivity index (χ2v) is 1.48. The number of carbonyl (C=O) groups excluding carboxylic acids is 2. The lowest BCUT2D eigenvalue weighted by Gasteiger charge is -1.90. The first-order chi connectivity index (χ1) is 4.22. The summed E-state index contributed by atoms with van der Waals surface area (Å²) < 4.78 is 0. The van der Waals surface area contributed by atoms with Gasteiger partial charge in [-0.2, -0.15) is 0 Å². The third kappa shape index (κ3) is 2.94. The highest BCUT2D eigenvalue weighted by molar-refractivity contribution is 6.37. The van der Waals surface area contributed by atoms with Crippen molar-refractivity contribution in [1.29, 1.82) is 0 Å². The summed E-state index contributed by atoms with van der Waals surface area (Å²) in [4.78, 5) is 20.5. The molecule has 0 spiro atoms. The van der Waals surface area contributed by atoms with Crippen LogP contribution in [-0.4, -0.2) is 35.0 Å². The van der Waals surface area contributed by atoms with Gasteiger partial charge in [0.05, 0.1) is 6.61 Å². The van der Waals surface area contributed by atoms with E-state index in [1.165, 1.54) is 0 Å². The maximum absolute atomic E-state index is 10.3. The van der Waals surface area contributed by atoms with E-state index in [1.807, 2.05) is 0 Å². The summed E-state index contributed by atoms with van der Waals surface area (Å²) in [5, 5.41) is 16.2. The lowest BCUT2D eigenvalue weighted by molar-refractivity contribution is -0.138. The number of ketones is 2. The van der Waals surface area contributed by atoms with E-state index in [-0.39, 0.29) is 13.0 Å². The molecule has 0 rings (SSSR count). The third-order valence-corrected chi connectivity index (χ3v) is 0.793. The average Bonchev–Trinajstić information content (AvgIpc) is 1.87. The van der Waals surface area contributed by atoms with Crippen molar-refractivity contribution in [2.24, 2.45) is 0 Å². The van der Waals surface area contributed by atoms with E-state index in [0.717, 1.165) is 0 Å². The first kappa shape index (κ1) is 8.26. The molecular weight excluding hydrogens is 124 g/mol. The second-order valence-electron chi connectivity index (χ2n) is 1.48. The molecule has 0 aromatic rings. The molecule has 0 aromatic carbocycles. The van der Waals surface area contributed by atoms with Crippen LogP contribution in [0.1, 0.15) is 6.42 Å². The molecule has 0 bridgehead atoms. The largest absolute Gasteiger partial charge is 0.396 e. The van der Waals surface area contributed by atoms with Crippen LogP contribution in [0, 0.1) is 0 Å². The van der Waals surface area contributed by atoms with Crippen LogP contribution in [0.15, 0.2) is 0 Å². The van der Waals surface area contributed by atoms with Gasteiger partial charge in [-0.3, -0.25) is 9.59 Å². The Hall–Kier alpha value is -0.740. The minimum Gasteiger partial charge on any atom is -0.396 e. The zero-order valence-corrected chi connectivity index (χ0v) is 4.83. The van der Waals surface area contributed by atoms with Crippen molar-refractivity contribution in [2.45, 2.75) is 6.42 Å². The summed E-state index contributed by atoms with van der Waals surface area (Å²) in [5.41, 5.74) is 0. The molecule has 0 heterocycles. The normalized spacial score (nSPS) is 9.11. The molecule has 52 valence electrons. The highest BCUT2D eigenvalue weighted by Gasteiger charge is 2.09. The van der Waals surface area contributed by atoms with E-state index in [2.05, 4.69) is 0 Å². The first-order valence-corrected chi connectivity index (χ1v) is 2.50. The van der Waals surface area contributed by atoms with Crippen LogP contribution in [0.25, 0.3) is 0 Å². The van der Waals surface area contributed by atoms with Crippen molar-refractivity contribution in [2.75, 3.05) is 13.2 Å². The predicted molar refractivity (Wildman–Crippen MR) is 28.8 cm³/mol. The molecule has 0 radical (unpaired) electrons. The summed E-state index contributed by atoms with van der Waals surface area (Å²) in [6, 6.07) is 0. The molecule has 0 saturated heterocycles. The fourth-order valence-electron chi connectivity index (χ4n) is 0.329. The molecule has 9 heavy (non-hydrogen) atoms. The highest BCUT2D eigenvalue weighted by Crippen LogP contribution is 1.81. The van der Waals surface area contributed by atoms with Gasteiger partial charge in [0.25, 0.3) is 0 Å².